The van der Waals surface area contributed by atoms with Crippen LogP contribution in [-0.2, 0) is 13.5 Å². The molecule has 1 aromatic heterocycles. The average Bonchev–Trinajstić information content (AvgIpc) is 2.61. The van der Waals surface area contributed by atoms with Gasteiger partial charge >= 0.3 is 0 Å². The molecule has 2 unspecified atom stereocenters. The van der Waals surface area contributed by atoms with Gasteiger partial charge in [-0.3, -0.25) is 4.68 Å². The van der Waals surface area contributed by atoms with Gasteiger partial charge < -0.3 is 5.32 Å². The lowest BCUT2D eigenvalue weighted by Crippen LogP contribution is -2.38. The Morgan fingerprint density at radius 1 is 1.33 bits per heavy atom. The second-order valence-corrected chi connectivity index (χ2v) is 5.76. The van der Waals surface area contributed by atoms with Gasteiger partial charge in [-0.15, -0.1) is 0 Å². The first-order chi connectivity index (χ1) is 8.45. The standard InChI is InChI=1S/C15H29N3/c1-7-8-16-13(5)15(11(2)3)10-14-9-12(4)17-18(14)6/h9,11,13,15-16H,7-8,10H2,1-6H3. The smallest absolute Gasteiger partial charge is 0.0596 e. The van der Waals surface area contributed by atoms with Gasteiger partial charge in [0.2, 0.25) is 0 Å². The van der Waals surface area contributed by atoms with Crippen molar-refractivity contribution in [1.82, 2.24) is 15.1 Å². The molecule has 0 spiro atoms. The summed E-state index contributed by atoms with van der Waals surface area (Å²) >= 11 is 0. The molecule has 0 aliphatic heterocycles. The quantitative estimate of drug-likeness (QED) is 0.807. The van der Waals surface area contributed by atoms with Crippen molar-refractivity contribution in [1.29, 1.82) is 0 Å². The fraction of sp³-hybridized carbons (Fsp3) is 0.800. The van der Waals surface area contributed by atoms with Crippen LogP contribution in [0.1, 0.15) is 45.5 Å². The van der Waals surface area contributed by atoms with Crippen molar-refractivity contribution in [3.05, 3.63) is 17.5 Å². The molecule has 1 heterocycles. The molecule has 0 aliphatic rings. The zero-order chi connectivity index (χ0) is 13.7. The van der Waals surface area contributed by atoms with E-state index in [0.29, 0.717) is 17.9 Å². The van der Waals surface area contributed by atoms with Crippen LogP contribution in [0.5, 0.6) is 0 Å². The van der Waals surface area contributed by atoms with E-state index >= 15 is 0 Å². The van der Waals surface area contributed by atoms with Gasteiger partial charge in [-0.25, -0.2) is 0 Å². The SMILES string of the molecule is CCCNC(C)C(Cc1cc(C)nn1C)C(C)C. The highest BCUT2D eigenvalue weighted by molar-refractivity contribution is 5.10. The Hall–Kier alpha value is -0.830. The monoisotopic (exact) mass is 251 g/mol. The van der Waals surface area contributed by atoms with E-state index in [4.69, 9.17) is 0 Å². The lowest BCUT2D eigenvalue weighted by Gasteiger charge is -2.28. The van der Waals surface area contributed by atoms with E-state index < -0.39 is 0 Å². The third-order valence-electron chi connectivity index (χ3n) is 3.76. The Bertz CT molecular complexity index is 355. The molecular weight excluding hydrogens is 222 g/mol. The molecule has 1 N–H and O–H groups in total. The van der Waals surface area contributed by atoms with Crippen LogP contribution in [0.3, 0.4) is 0 Å². The van der Waals surface area contributed by atoms with E-state index in [9.17, 15) is 0 Å². The number of nitrogens with one attached hydrogen (secondary N) is 1. The fourth-order valence-corrected chi connectivity index (χ4v) is 2.61. The molecule has 2 atom stereocenters. The molecule has 18 heavy (non-hydrogen) atoms. The van der Waals surface area contributed by atoms with E-state index in [1.807, 2.05) is 11.7 Å². The summed E-state index contributed by atoms with van der Waals surface area (Å²) in [6.45, 7) is 12.3. The first-order valence-corrected chi connectivity index (χ1v) is 7.18. The van der Waals surface area contributed by atoms with Gasteiger partial charge in [-0.05, 0) is 51.1 Å². The van der Waals surface area contributed by atoms with E-state index in [-0.39, 0.29) is 0 Å². The third kappa shape index (κ3) is 4.13. The molecule has 0 aromatic carbocycles. The van der Waals surface area contributed by atoms with Gasteiger partial charge in [0.25, 0.3) is 0 Å². The Labute approximate surface area is 112 Å². The fourth-order valence-electron chi connectivity index (χ4n) is 2.61. The topological polar surface area (TPSA) is 29.9 Å². The number of nitrogens with zero attached hydrogens (tertiary/aromatic N) is 2. The summed E-state index contributed by atoms with van der Waals surface area (Å²) < 4.78 is 2.03. The van der Waals surface area contributed by atoms with Gasteiger partial charge in [-0.2, -0.15) is 5.10 Å². The molecule has 1 aromatic rings. The third-order valence-corrected chi connectivity index (χ3v) is 3.76. The average molecular weight is 251 g/mol. The zero-order valence-electron chi connectivity index (χ0n) is 12.8. The maximum absolute atomic E-state index is 4.44. The van der Waals surface area contributed by atoms with Gasteiger partial charge in [0.05, 0.1) is 5.69 Å². The molecule has 1 rings (SSSR count). The molecule has 104 valence electrons. The van der Waals surface area contributed by atoms with Gasteiger partial charge in [0.15, 0.2) is 0 Å². The molecule has 0 radical (unpaired) electrons. The predicted octanol–water partition coefficient (Wildman–Crippen LogP) is 2.93. The predicted molar refractivity (Wildman–Crippen MR) is 77.7 cm³/mol. The van der Waals surface area contributed by atoms with Gasteiger partial charge in [0.1, 0.15) is 0 Å². The van der Waals surface area contributed by atoms with E-state index in [0.717, 1.165) is 18.7 Å². The molecule has 3 heteroatoms. The van der Waals surface area contributed by atoms with Crippen molar-refractivity contribution in [3.8, 4) is 0 Å². The molecule has 0 saturated carbocycles. The minimum Gasteiger partial charge on any atom is -0.314 e. The first-order valence-electron chi connectivity index (χ1n) is 7.18. The molecule has 3 nitrogen and oxygen atoms in total. The molecular formula is C15H29N3. The highest BCUT2D eigenvalue weighted by Gasteiger charge is 2.22. The van der Waals surface area contributed by atoms with Crippen LogP contribution < -0.4 is 5.32 Å². The lowest BCUT2D eigenvalue weighted by molar-refractivity contribution is 0.284. The minimum atomic E-state index is 0.556. The minimum absolute atomic E-state index is 0.556. The van der Waals surface area contributed by atoms with Gasteiger partial charge in [-0.1, -0.05) is 20.8 Å². The largest absolute Gasteiger partial charge is 0.314 e. The number of hydrogen-bond donors (Lipinski definition) is 1. The van der Waals surface area contributed by atoms with Crippen molar-refractivity contribution in [2.24, 2.45) is 18.9 Å². The lowest BCUT2D eigenvalue weighted by atomic mass is 9.85. The maximum atomic E-state index is 4.44. The highest BCUT2D eigenvalue weighted by Crippen LogP contribution is 2.21. The number of rotatable bonds is 7. The molecule has 0 amide bonds. The van der Waals surface area contributed by atoms with Crippen LogP contribution >= 0.6 is 0 Å². The van der Waals surface area contributed by atoms with Crippen LogP contribution in [0.2, 0.25) is 0 Å². The highest BCUT2D eigenvalue weighted by atomic mass is 15.3. The van der Waals surface area contributed by atoms with Crippen LogP contribution in [0, 0.1) is 18.8 Å². The Kier molecular flexibility index (Phi) is 5.86. The van der Waals surface area contributed by atoms with Crippen LogP contribution in [0.4, 0.5) is 0 Å². The summed E-state index contributed by atoms with van der Waals surface area (Å²) in [5.74, 6) is 1.34. The maximum Gasteiger partial charge on any atom is 0.0596 e. The van der Waals surface area contributed by atoms with Crippen molar-refractivity contribution >= 4 is 0 Å². The van der Waals surface area contributed by atoms with Crippen molar-refractivity contribution < 1.29 is 0 Å². The Balaban J connectivity index is 2.71. The Morgan fingerprint density at radius 2 is 2.00 bits per heavy atom. The molecule has 0 fully saturated rings. The summed E-state index contributed by atoms with van der Waals surface area (Å²) in [6.07, 6.45) is 2.30. The van der Waals surface area contributed by atoms with Crippen LogP contribution in [0.15, 0.2) is 6.07 Å². The van der Waals surface area contributed by atoms with Gasteiger partial charge in [0, 0.05) is 18.8 Å². The van der Waals surface area contributed by atoms with Crippen LogP contribution in [-0.4, -0.2) is 22.4 Å². The van der Waals surface area contributed by atoms with E-state index in [1.165, 1.54) is 12.1 Å². The number of aromatic nitrogens is 2. The summed E-state index contributed by atoms with van der Waals surface area (Å²) in [7, 11) is 2.05. The van der Waals surface area contributed by atoms with E-state index in [2.05, 4.69) is 51.1 Å². The summed E-state index contributed by atoms with van der Waals surface area (Å²) in [4.78, 5) is 0. The first kappa shape index (κ1) is 15.2. The van der Waals surface area contributed by atoms with Crippen molar-refractivity contribution in [2.45, 2.75) is 53.5 Å². The molecule has 0 bridgehead atoms. The van der Waals surface area contributed by atoms with Crippen molar-refractivity contribution in [2.75, 3.05) is 6.54 Å². The molecule has 0 aliphatic carbocycles. The van der Waals surface area contributed by atoms with Crippen molar-refractivity contribution in [3.63, 3.8) is 0 Å². The zero-order valence-corrected chi connectivity index (χ0v) is 12.8. The summed E-state index contributed by atoms with van der Waals surface area (Å²) in [5.41, 5.74) is 2.46. The summed E-state index contributed by atoms with van der Waals surface area (Å²) in [5, 5.41) is 8.07. The number of hydrogen-bond acceptors (Lipinski definition) is 2. The second kappa shape index (κ2) is 6.93. The normalized spacial score (nSPS) is 15.1. The van der Waals surface area contributed by atoms with E-state index in [1.54, 1.807) is 0 Å². The van der Waals surface area contributed by atoms with Crippen LogP contribution in [0.25, 0.3) is 0 Å². The molecule has 0 saturated heterocycles. The second-order valence-electron chi connectivity index (χ2n) is 5.76. The Morgan fingerprint density at radius 3 is 2.44 bits per heavy atom. The summed E-state index contributed by atoms with van der Waals surface area (Å²) in [6, 6.07) is 2.77. The number of aryl methyl sites for hydroxylation is 2.